The Labute approximate surface area is 186 Å². The molecule has 0 amide bonds. The third-order valence-corrected chi connectivity index (χ3v) is 6.59. The number of nitrogens with one attached hydrogen (secondary N) is 1. The van der Waals surface area contributed by atoms with Gasteiger partial charge in [-0.15, -0.1) is 0 Å². The highest BCUT2D eigenvalue weighted by molar-refractivity contribution is 8.08. The maximum Gasteiger partial charge on any atom is 0.229 e. The van der Waals surface area contributed by atoms with E-state index in [-0.39, 0.29) is 10.5 Å². The number of hydrogen-bond donors (Lipinski definition) is 1. The van der Waals surface area contributed by atoms with E-state index in [1.165, 1.54) is 12.1 Å². The van der Waals surface area contributed by atoms with Gasteiger partial charge in [0.25, 0.3) is 0 Å². The highest BCUT2D eigenvalue weighted by atomic mass is 32.2. The van der Waals surface area contributed by atoms with Crippen LogP contribution in [-0.4, -0.2) is 26.4 Å². The van der Waals surface area contributed by atoms with Gasteiger partial charge in [-0.3, -0.25) is 10.2 Å². The first-order chi connectivity index (χ1) is 15.5. The van der Waals surface area contributed by atoms with Gasteiger partial charge in [0.1, 0.15) is 5.75 Å². The van der Waals surface area contributed by atoms with E-state index in [4.69, 9.17) is 4.74 Å². The second-order valence-electron chi connectivity index (χ2n) is 6.93. The summed E-state index contributed by atoms with van der Waals surface area (Å²) in [7, 11) is -2.64. The minimum atomic E-state index is -4.19. The zero-order valence-electron chi connectivity index (χ0n) is 17.2. The molecule has 0 fully saturated rings. The quantitative estimate of drug-likeness (QED) is 0.197. The molecule has 4 rings (SSSR count). The number of rotatable bonds is 6. The van der Waals surface area contributed by atoms with Gasteiger partial charge >= 0.3 is 0 Å². The van der Waals surface area contributed by atoms with Crippen molar-refractivity contribution in [3.05, 3.63) is 103 Å². The number of Topliss-reactive ketones (excluding diaryl/α,β-unsaturated/α-hetero) is 1. The van der Waals surface area contributed by atoms with Crippen molar-refractivity contribution in [2.75, 3.05) is 12.5 Å². The van der Waals surface area contributed by atoms with E-state index in [2.05, 4.69) is 10.5 Å². The Morgan fingerprint density at radius 2 is 1.47 bits per heavy atom. The summed E-state index contributed by atoms with van der Waals surface area (Å²) >= 11 is 0. The molecule has 1 N–H and O–H groups in total. The van der Waals surface area contributed by atoms with Gasteiger partial charge in [-0.05, 0) is 47.2 Å². The maximum absolute atomic E-state index is 13.5. The van der Waals surface area contributed by atoms with Crippen LogP contribution in [0.1, 0.15) is 10.4 Å². The highest BCUT2D eigenvalue weighted by Crippen LogP contribution is 2.23. The summed E-state index contributed by atoms with van der Waals surface area (Å²) in [4.78, 5) is 13.5. The fourth-order valence-corrected chi connectivity index (χ4v) is 4.52. The summed E-state index contributed by atoms with van der Waals surface area (Å²) in [6.07, 6.45) is 0. The van der Waals surface area contributed by atoms with E-state index < -0.39 is 20.7 Å². The van der Waals surface area contributed by atoms with Gasteiger partial charge in [-0.1, -0.05) is 60.7 Å². The number of carbonyl (C=O) groups is 1. The lowest BCUT2D eigenvalue weighted by Crippen LogP contribution is -2.26. The number of sulfone groups is 1. The van der Waals surface area contributed by atoms with Crippen LogP contribution in [0, 0.1) is 0 Å². The van der Waals surface area contributed by atoms with Crippen molar-refractivity contribution in [3.8, 4) is 5.75 Å². The van der Waals surface area contributed by atoms with Crippen LogP contribution in [0.3, 0.4) is 0 Å². The van der Waals surface area contributed by atoms with Crippen LogP contribution < -0.4 is 10.2 Å². The molecule has 7 heteroatoms. The van der Waals surface area contributed by atoms with E-state index in [1.807, 2.05) is 18.2 Å². The number of hydrogen-bond acceptors (Lipinski definition) is 6. The molecule has 0 spiro atoms. The average Bonchev–Trinajstić information content (AvgIpc) is 2.84. The van der Waals surface area contributed by atoms with E-state index in [0.29, 0.717) is 16.8 Å². The molecule has 0 bridgehead atoms. The molecule has 160 valence electrons. The van der Waals surface area contributed by atoms with Crippen molar-refractivity contribution in [1.29, 1.82) is 0 Å². The fraction of sp³-hybridized carbons (Fsp3) is 0.0400. The van der Waals surface area contributed by atoms with Crippen molar-refractivity contribution < 1.29 is 17.9 Å². The molecule has 0 saturated carbocycles. The van der Waals surface area contributed by atoms with Crippen LogP contribution in [0.2, 0.25) is 0 Å². The number of nitrogens with zero attached hydrogens (tertiary/aromatic N) is 1. The predicted octanol–water partition coefficient (Wildman–Crippen LogP) is 4.93. The van der Waals surface area contributed by atoms with E-state index in [0.717, 1.165) is 5.39 Å². The molecule has 4 aromatic rings. The number of carbonyl (C=O) groups excluding carboxylic acids is 1. The van der Waals surface area contributed by atoms with E-state index in [1.54, 1.807) is 73.8 Å². The van der Waals surface area contributed by atoms with Gasteiger partial charge in [-0.25, -0.2) is 8.42 Å². The second kappa shape index (κ2) is 9.03. The standard InChI is InChI=1S/C25H20N2O4S/c1-31-20-16-14-19(15-17-20)26-27-25(32(29,30)21-10-3-2-4-11-21)24(28)23-13-7-9-18-8-5-6-12-22(18)23/h2-17,26H,1H3/b27-25-. The first-order valence-electron chi connectivity index (χ1n) is 9.81. The van der Waals surface area contributed by atoms with Crippen molar-refractivity contribution >= 4 is 37.1 Å². The Kier molecular flexibility index (Phi) is 6.00. The van der Waals surface area contributed by atoms with Crippen molar-refractivity contribution in [2.45, 2.75) is 4.90 Å². The molecule has 0 unspecified atom stereocenters. The fourth-order valence-electron chi connectivity index (χ4n) is 3.26. The average molecular weight is 445 g/mol. The lowest BCUT2D eigenvalue weighted by molar-refractivity contribution is 0.107. The molecular formula is C25H20N2O4S. The molecule has 0 aromatic heterocycles. The van der Waals surface area contributed by atoms with Crippen LogP contribution in [0.25, 0.3) is 10.8 Å². The molecule has 0 radical (unpaired) electrons. The number of methoxy groups -OCH3 is 1. The topological polar surface area (TPSA) is 84.8 Å². The van der Waals surface area contributed by atoms with Gasteiger partial charge in [0.15, 0.2) is 0 Å². The Balaban J connectivity index is 1.82. The van der Waals surface area contributed by atoms with Gasteiger partial charge in [0.05, 0.1) is 17.7 Å². The number of benzene rings is 4. The van der Waals surface area contributed by atoms with Crippen LogP contribution in [0.15, 0.2) is 107 Å². The Morgan fingerprint density at radius 3 is 2.19 bits per heavy atom. The molecule has 0 aliphatic carbocycles. The van der Waals surface area contributed by atoms with Gasteiger partial charge < -0.3 is 4.74 Å². The minimum absolute atomic E-state index is 0.0103. The first-order valence-corrected chi connectivity index (χ1v) is 11.3. The molecule has 4 aromatic carbocycles. The lowest BCUT2D eigenvalue weighted by Gasteiger charge is -2.11. The number of ether oxygens (including phenoxy) is 1. The van der Waals surface area contributed by atoms with Crippen LogP contribution in [-0.2, 0) is 9.84 Å². The predicted molar refractivity (Wildman–Crippen MR) is 126 cm³/mol. The number of anilines is 1. The van der Waals surface area contributed by atoms with E-state index in [9.17, 15) is 13.2 Å². The lowest BCUT2D eigenvalue weighted by atomic mass is 10.0. The molecule has 0 aliphatic rings. The number of hydrazone groups is 1. The summed E-state index contributed by atoms with van der Waals surface area (Å²) in [6, 6.07) is 27.1. The third kappa shape index (κ3) is 4.24. The Morgan fingerprint density at radius 1 is 0.812 bits per heavy atom. The normalized spacial score (nSPS) is 11.8. The molecule has 6 nitrogen and oxygen atoms in total. The number of ketones is 1. The smallest absolute Gasteiger partial charge is 0.229 e. The summed E-state index contributed by atoms with van der Waals surface area (Å²) in [5.41, 5.74) is 3.48. The Hall–Kier alpha value is -3.97. The maximum atomic E-state index is 13.5. The molecule has 0 aliphatic heterocycles. The van der Waals surface area contributed by atoms with Gasteiger partial charge in [0.2, 0.25) is 20.7 Å². The summed E-state index contributed by atoms with van der Waals surface area (Å²) in [5.74, 6) is -0.0462. The summed E-state index contributed by atoms with van der Waals surface area (Å²) in [5, 5.41) is 4.97. The van der Waals surface area contributed by atoms with Crippen LogP contribution >= 0.6 is 0 Å². The zero-order chi connectivity index (χ0) is 22.6. The van der Waals surface area contributed by atoms with Crippen LogP contribution in [0.5, 0.6) is 5.75 Å². The molecule has 0 atom stereocenters. The molecule has 32 heavy (non-hydrogen) atoms. The van der Waals surface area contributed by atoms with Crippen molar-refractivity contribution in [3.63, 3.8) is 0 Å². The molecular weight excluding hydrogens is 424 g/mol. The summed E-state index contributed by atoms with van der Waals surface area (Å²) < 4.78 is 31.9. The van der Waals surface area contributed by atoms with Gasteiger partial charge in [0, 0.05) is 5.56 Å². The second-order valence-corrected chi connectivity index (χ2v) is 8.79. The minimum Gasteiger partial charge on any atom is -0.497 e. The molecule has 0 heterocycles. The van der Waals surface area contributed by atoms with E-state index >= 15 is 0 Å². The molecule has 0 saturated heterocycles. The van der Waals surface area contributed by atoms with Crippen molar-refractivity contribution in [1.82, 2.24) is 0 Å². The largest absolute Gasteiger partial charge is 0.497 e. The third-order valence-electron chi connectivity index (χ3n) is 4.91. The number of fused-ring (bicyclic) bond motifs is 1. The van der Waals surface area contributed by atoms with Crippen molar-refractivity contribution in [2.24, 2.45) is 5.10 Å². The SMILES string of the molecule is COc1ccc(N/N=C(/C(=O)c2cccc3ccccc23)S(=O)(=O)c2ccccc2)cc1. The first kappa shape index (κ1) is 21.3. The highest BCUT2D eigenvalue weighted by Gasteiger charge is 2.31. The monoisotopic (exact) mass is 444 g/mol. The Bertz CT molecular complexity index is 1390. The van der Waals surface area contributed by atoms with Gasteiger partial charge in [-0.2, -0.15) is 5.10 Å². The van der Waals surface area contributed by atoms with Crippen LogP contribution in [0.4, 0.5) is 5.69 Å². The summed E-state index contributed by atoms with van der Waals surface area (Å²) in [6.45, 7) is 0. The zero-order valence-corrected chi connectivity index (χ0v) is 18.0.